The Morgan fingerprint density at radius 2 is 1.83 bits per heavy atom. The quantitative estimate of drug-likeness (QED) is 0.604. The van der Waals surface area contributed by atoms with Crippen molar-refractivity contribution in [2.45, 2.75) is 30.5 Å². The van der Waals surface area contributed by atoms with Gasteiger partial charge in [-0.3, -0.25) is 14.9 Å². The molecule has 0 spiro atoms. The van der Waals surface area contributed by atoms with Crippen LogP contribution in [0.5, 0.6) is 0 Å². The number of primary amides is 1. The fourth-order valence-corrected chi connectivity index (χ4v) is 2.92. The number of nitrogens with zero attached hydrogens (tertiary/aromatic N) is 1. The van der Waals surface area contributed by atoms with Gasteiger partial charge in [0.25, 0.3) is 5.69 Å². The van der Waals surface area contributed by atoms with Gasteiger partial charge in [0, 0.05) is 6.07 Å². The molecule has 0 radical (unpaired) electrons. The summed E-state index contributed by atoms with van der Waals surface area (Å²) in [4.78, 5) is 19.6. The first kappa shape index (κ1) is 18.8. The van der Waals surface area contributed by atoms with Gasteiger partial charge < -0.3 is 5.73 Å². The smallest absolute Gasteiger partial charge is 0.368 e. The third-order valence-electron chi connectivity index (χ3n) is 2.79. The third-order valence-corrected chi connectivity index (χ3v) is 4.44. The lowest BCUT2D eigenvalue weighted by atomic mass is 10.1. The molecule has 128 valence electrons. The van der Waals surface area contributed by atoms with Crippen molar-refractivity contribution < 1.29 is 31.3 Å². The lowest BCUT2D eigenvalue weighted by molar-refractivity contribution is -0.388. The molecule has 8 nitrogen and oxygen atoms in total. The maximum absolute atomic E-state index is 12.8. The van der Waals surface area contributed by atoms with E-state index in [1.807, 2.05) is 4.72 Å². The van der Waals surface area contributed by atoms with E-state index in [1.54, 1.807) is 0 Å². The number of hydrogen-bond donors (Lipinski definition) is 2. The van der Waals surface area contributed by atoms with Crippen LogP contribution in [-0.4, -0.2) is 24.8 Å². The molecule has 23 heavy (non-hydrogen) atoms. The van der Waals surface area contributed by atoms with Crippen molar-refractivity contribution in [3.05, 3.63) is 33.9 Å². The number of sulfonamides is 1. The SMILES string of the molecule is CC(C)(NS(=O)(=O)c1ccc([N+](=O)[O-])c(C(F)(F)F)c1)C(N)=O. The fourth-order valence-electron chi connectivity index (χ4n) is 1.51. The Bertz CT molecular complexity index is 759. The fraction of sp³-hybridized carbons (Fsp3) is 0.364. The van der Waals surface area contributed by atoms with Crippen LogP contribution in [-0.2, 0) is 21.0 Å². The average molecular weight is 355 g/mol. The van der Waals surface area contributed by atoms with E-state index in [9.17, 15) is 36.5 Å². The Morgan fingerprint density at radius 1 is 1.30 bits per heavy atom. The van der Waals surface area contributed by atoms with Crippen molar-refractivity contribution in [2.75, 3.05) is 0 Å². The number of halogens is 3. The van der Waals surface area contributed by atoms with Gasteiger partial charge >= 0.3 is 6.18 Å². The monoisotopic (exact) mass is 355 g/mol. The molecule has 12 heteroatoms. The van der Waals surface area contributed by atoms with Crippen LogP contribution in [0.25, 0.3) is 0 Å². The van der Waals surface area contributed by atoms with E-state index in [2.05, 4.69) is 0 Å². The molecule has 0 aliphatic rings. The molecular formula is C11H12F3N3O5S. The van der Waals surface area contributed by atoms with Crippen LogP contribution in [0.4, 0.5) is 18.9 Å². The van der Waals surface area contributed by atoms with Gasteiger partial charge in [-0.05, 0) is 26.0 Å². The molecule has 0 atom stereocenters. The van der Waals surface area contributed by atoms with E-state index >= 15 is 0 Å². The largest absolute Gasteiger partial charge is 0.423 e. The Hall–Kier alpha value is -2.21. The van der Waals surface area contributed by atoms with Crippen molar-refractivity contribution in [2.24, 2.45) is 5.73 Å². The normalized spacial score (nSPS) is 12.9. The lowest BCUT2D eigenvalue weighted by Gasteiger charge is -2.22. The molecular weight excluding hydrogens is 343 g/mol. The molecule has 0 saturated heterocycles. The topological polar surface area (TPSA) is 132 Å². The van der Waals surface area contributed by atoms with Crippen LogP contribution in [0.2, 0.25) is 0 Å². The van der Waals surface area contributed by atoms with Crippen LogP contribution >= 0.6 is 0 Å². The predicted molar refractivity (Wildman–Crippen MR) is 71.7 cm³/mol. The molecule has 3 N–H and O–H groups in total. The maximum Gasteiger partial charge on any atom is 0.423 e. The van der Waals surface area contributed by atoms with Crippen LogP contribution in [0.15, 0.2) is 23.1 Å². The Labute approximate surface area is 128 Å². The number of nitro groups is 1. The summed E-state index contributed by atoms with van der Waals surface area (Å²) in [5, 5.41) is 10.6. The van der Waals surface area contributed by atoms with Gasteiger partial charge in [0.1, 0.15) is 11.1 Å². The van der Waals surface area contributed by atoms with Crippen molar-refractivity contribution >= 4 is 21.6 Å². The molecule has 1 rings (SSSR count). The summed E-state index contributed by atoms with van der Waals surface area (Å²) in [7, 11) is -4.56. The molecule has 0 aromatic heterocycles. The molecule has 1 aromatic carbocycles. The first-order valence-electron chi connectivity index (χ1n) is 5.88. The van der Waals surface area contributed by atoms with Crippen LogP contribution in [0.1, 0.15) is 19.4 Å². The first-order valence-corrected chi connectivity index (χ1v) is 7.36. The van der Waals surface area contributed by atoms with E-state index in [4.69, 9.17) is 5.73 Å². The molecule has 0 bridgehead atoms. The van der Waals surface area contributed by atoms with Gasteiger partial charge in [-0.15, -0.1) is 0 Å². The summed E-state index contributed by atoms with van der Waals surface area (Å²) >= 11 is 0. The molecule has 0 unspecified atom stereocenters. The standard InChI is InChI=1S/C11H12F3N3O5S/c1-10(2,9(15)18)16-23(21,22)6-3-4-8(17(19)20)7(5-6)11(12,13)14/h3-5,16H,1-2H3,(H2,15,18). The number of hydrogen-bond acceptors (Lipinski definition) is 5. The van der Waals surface area contributed by atoms with Crippen molar-refractivity contribution in [1.29, 1.82) is 0 Å². The Kier molecular flexibility index (Phi) is 4.73. The number of rotatable bonds is 5. The molecule has 0 aliphatic carbocycles. The van der Waals surface area contributed by atoms with Crippen LogP contribution < -0.4 is 10.5 Å². The van der Waals surface area contributed by atoms with Gasteiger partial charge in [0.2, 0.25) is 15.9 Å². The second-order valence-electron chi connectivity index (χ2n) is 5.03. The number of carbonyl (C=O) groups excluding carboxylic acids is 1. The highest BCUT2D eigenvalue weighted by atomic mass is 32.2. The number of benzene rings is 1. The van der Waals surface area contributed by atoms with Gasteiger partial charge in [-0.25, -0.2) is 8.42 Å². The van der Waals surface area contributed by atoms with Crippen molar-refractivity contribution in [3.63, 3.8) is 0 Å². The highest BCUT2D eigenvalue weighted by molar-refractivity contribution is 7.89. The average Bonchev–Trinajstić information content (AvgIpc) is 2.35. The summed E-state index contributed by atoms with van der Waals surface area (Å²) < 4.78 is 64.5. The number of alkyl halides is 3. The number of nitrogens with two attached hydrogens (primary N) is 1. The minimum absolute atomic E-state index is 0.123. The second-order valence-corrected chi connectivity index (χ2v) is 6.71. The number of nitrogens with one attached hydrogen (secondary N) is 1. The minimum Gasteiger partial charge on any atom is -0.368 e. The van der Waals surface area contributed by atoms with Gasteiger partial charge in [0.15, 0.2) is 0 Å². The summed E-state index contributed by atoms with van der Waals surface area (Å²) in [6.45, 7) is 2.23. The minimum atomic E-state index is -5.13. The first-order chi connectivity index (χ1) is 10.2. The van der Waals surface area contributed by atoms with Gasteiger partial charge in [-0.2, -0.15) is 17.9 Å². The highest BCUT2D eigenvalue weighted by Gasteiger charge is 2.40. The number of carbonyl (C=O) groups is 1. The highest BCUT2D eigenvalue weighted by Crippen LogP contribution is 2.37. The number of amides is 1. The van der Waals surface area contributed by atoms with Crippen molar-refractivity contribution in [3.8, 4) is 0 Å². The van der Waals surface area contributed by atoms with Crippen LogP contribution in [0.3, 0.4) is 0 Å². The molecule has 0 saturated carbocycles. The molecule has 1 aromatic rings. The zero-order chi connectivity index (χ0) is 18.2. The number of nitro benzene ring substituents is 1. The van der Waals surface area contributed by atoms with E-state index in [-0.39, 0.29) is 6.07 Å². The van der Waals surface area contributed by atoms with E-state index in [0.29, 0.717) is 12.1 Å². The molecule has 0 aliphatic heterocycles. The van der Waals surface area contributed by atoms with Gasteiger partial charge in [0.05, 0.1) is 9.82 Å². The zero-order valence-electron chi connectivity index (χ0n) is 11.8. The maximum atomic E-state index is 12.8. The van der Waals surface area contributed by atoms with Crippen LogP contribution in [0, 0.1) is 10.1 Å². The zero-order valence-corrected chi connectivity index (χ0v) is 12.7. The Morgan fingerprint density at radius 3 is 2.22 bits per heavy atom. The second kappa shape index (κ2) is 5.77. The molecule has 0 heterocycles. The predicted octanol–water partition coefficient (Wildman–Crippen LogP) is 1.16. The molecule has 0 fully saturated rings. The summed E-state index contributed by atoms with van der Waals surface area (Å²) in [6, 6.07) is 1.18. The summed E-state index contributed by atoms with van der Waals surface area (Å²) in [5.74, 6) is -1.06. The van der Waals surface area contributed by atoms with E-state index < -0.39 is 48.7 Å². The lowest BCUT2D eigenvalue weighted by Crippen LogP contribution is -2.52. The third kappa shape index (κ3) is 4.16. The van der Waals surface area contributed by atoms with Crippen molar-refractivity contribution in [1.82, 2.24) is 4.72 Å². The van der Waals surface area contributed by atoms with E-state index in [1.165, 1.54) is 0 Å². The molecule has 1 amide bonds. The van der Waals surface area contributed by atoms with Gasteiger partial charge in [-0.1, -0.05) is 0 Å². The summed E-state index contributed by atoms with van der Waals surface area (Å²) in [5.41, 5.74) is 0.212. The Balaban J connectivity index is 3.45. The van der Waals surface area contributed by atoms with E-state index in [0.717, 1.165) is 13.8 Å². The summed E-state index contributed by atoms with van der Waals surface area (Å²) in [6.07, 6.45) is -5.13.